The SMILES string of the molecule is C/C=C/CCNC(=O)c1cc(Cl)cc(S(=O)(=O)Cl)c1. The quantitative estimate of drug-likeness (QED) is 0.515. The number of hydrogen-bond acceptors (Lipinski definition) is 3. The van der Waals surface area contributed by atoms with E-state index in [1.54, 1.807) is 0 Å². The van der Waals surface area contributed by atoms with Crippen LogP contribution in [0, 0.1) is 0 Å². The highest BCUT2D eigenvalue weighted by molar-refractivity contribution is 8.13. The Kier molecular flexibility index (Phi) is 5.85. The molecule has 4 nitrogen and oxygen atoms in total. The molecule has 104 valence electrons. The van der Waals surface area contributed by atoms with Crippen molar-refractivity contribution < 1.29 is 13.2 Å². The molecule has 0 aliphatic heterocycles. The van der Waals surface area contributed by atoms with E-state index in [-0.39, 0.29) is 15.5 Å². The summed E-state index contributed by atoms with van der Waals surface area (Å²) in [5, 5.41) is 2.79. The Morgan fingerprint density at radius 1 is 1.37 bits per heavy atom. The Morgan fingerprint density at radius 3 is 2.63 bits per heavy atom. The Balaban J connectivity index is 2.89. The van der Waals surface area contributed by atoms with Gasteiger partial charge in [-0.1, -0.05) is 23.8 Å². The lowest BCUT2D eigenvalue weighted by molar-refractivity contribution is 0.0954. The zero-order valence-electron chi connectivity index (χ0n) is 10.2. The molecule has 0 spiro atoms. The zero-order chi connectivity index (χ0) is 14.5. The van der Waals surface area contributed by atoms with Gasteiger partial charge in [0.15, 0.2) is 0 Å². The van der Waals surface area contributed by atoms with Crippen LogP contribution in [-0.2, 0) is 9.05 Å². The molecule has 0 bridgehead atoms. The van der Waals surface area contributed by atoms with Gasteiger partial charge in [0.1, 0.15) is 0 Å². The van der Waals surface area contributed by atoms with Crippen LogP contribution in [0.4, 0.5) is 0 Å². The normalized spacial score (nSPS) is 11.7. The molecule has 1 N–H and O–H groups in total. The first-order valence-corrected chi connectivity index (χ1v) is 8.18. The second-order valence-electron chi connectivity index (χ2n) is 3.73. The first-order chi connectivity index (χ1) is 8.84. The average Bonchev–Trinajstić information content (AvgIpc) is 2.32. The number of allylic oxidation sites excluding steroid dienone is 1. The highest BCUT2D eigenvalue weighted by Crippen LogP contribution is 2.21. The number of halogens is 2. The maximum absolute atomic E-state index is 11.8. The van der Waals surface area contributed by atoms with Gasteiger partial charge in [0.25, 0.3) is 15.0 Å². The van der Waals surface area contributed by atoms with Crippen LogP contribution in [-0.4, -0.2) is 20.9 Å². The molecule has 1 aromatic rings. The van der Waals surface area contributed by atoms with E-state index in [2.05, 4.69) is 5.32 Å². The lowest BCUT2D eigenvalue weighted by Gasteiger charge is -2.06. The Labute approximate surface area is 121 Å². The molecule has 1 amide bonds. The first kappa shape index (κ1) is 16.0. The van der Waals surface area contributed by atoms with Gasteiger partial charge in [0, 0.05) is 27.8 Å². The van der Waals surface area contributed by atoms with E-state index in [0.717, 1.165) is 0 Å². The highest BCUT2D eigenvalue weighted by Gasteiger charge is 2.15. The van der Waals surface area contributed by atoms with Crippen molar-refractivity contribution in [1.82, 2.24) is 5.32 Å². The molecule has 0 fully saturated rings. The Bertz CT molecular complexity index is 597. The second-order valence-corrected chi connectivity index (χ2v) is 6.73. The molecule has 0 aliphatic rings. The van der Waals surface area contributed by atoms with Crippen LogP contribution in [0.5, 0.6) is 0 Å². The minimum absolute atomic E-state index is 0.139. The molecule has 1 rings (SSSR count). The van der Waals surface area contributed by atoms with Crippen molar-refractivity contribution in [2.24, 2.45) is 0 Å². The van der Waals surface area contributed by atoms with Crippen LogP contribution in [0.25, 0.3) is 0 Å². The van der Waals surface area contributed by atoms with Gasteiger partial charge in [-0.2, -0.15) is 0 Å². The number of nitrogens with one attached hydrogen (secondary N) is 1. The van der Waals surface area contributed by atoms with Crippen LogP contribution in [0.3, 0.4) is 0 Å². The number of amides is 1. The molecule has 7 heteroatoms. The minimum Gasteiger partial charge on any atom is -0.352 e. The maximum atomic E-state index is 11.8. The lowest BCUT2D eigenvalue weighted by Crippen LogP contribution is -2.24. The summed E-state index contributed by atoms with van der Waals surface area (Å²) in [4.78, 5) is 11.6. The molecular weight excluding hydrogens is 309 g/mol. The molecule has 0 atom stereocenters. The third kappa shape index (κ3) is 5.22. The van der Waals surface area contributed by atoms with E-state index in [4.69, 9.17) is 22.3 Å². The molecule has 0 heterocycles. The smallest absolute Gasteiger partial charge is 0.261 e. The van der Waals surface area contributed by atoms with E-state index in [9.17, 15) is 13.2 Å². The maximum Gasteiger partial charge on any atom is 0.261 e. The van der Waals surface area contributed by atoms with Crippen molar-refractivity contribution in [2.45, 2.75) is 18.2 Å². The van der Waals surface area contributed by atoms with E-state index in [1.165, 1.54) is 18.2 Å². The van der Waals surface area contributed by atoms with Crippen LogP contribution < -0.4 is 5.32 Å². The Hall–Kier alpha value is -1.04. The average molecular weight is 322 g/mol. The van der Waals surface area contributed by atoms with E-state index >= 15 is 0 Å². The van der Waals surface area contributed by atoms with E-state index in [0.29, 0.717) is 13.0 Å². The van der Waals surface area contributed by atoms with Crippen LogP contribution in [0.2, 0.25) is 5.02 Å². The number of carbonyl (C=O) groups excluding carboxylic acids is 1. The summed E-state index contributed by atoms with van der Waals surface area (Å²) in [6.45, 7) is 2.34. The predicted octanol–water partition coefficient (Wildman–Crippen LogP) is 2.96. The third-order valence-electron chi connectivity index (χ3n) is 2.25. The topological polar surface area (TPSA) is 63.2 Å². The third-order valence-corrected chi connectivity index (χ3v) is 3.80. The molecule has 0 saturated carbocycles. The van der Waals surface area contributed by atoms with Gasteiger partial charge in [-0.3, -0.25) is 4.79 Å². The van der Waals surface area contributed by atoms with Crippen molar-refractivity contribution in [3.8, 4) is 0 Å². The molecule has 19 heavy (non-hydrogen) atoms. The summed E-state index contributed by atoms with van der Waals surface area (Å²) in [5.74, 6) is -0.395. The molecule has 0 unspecified atom stereocenters. The summed E-state index contributed by atoms with van der Waals surface area (Å²) in [6.07, 6.45) is 4.49. The summed E-state index contributed by atoms with van der Waals surface area (Å²) in [6, 6.07) is 3.78. The van der Waals surface area contributed by atoms with Crippen molar-refractivity contribution in [3.63, 3.8) is 0 Å². The molecule has 0 aliphatic carbocycles. The lowest BCUT2D eigenvalue weighted by atomic mass is 10.2. The van der Waals surface area contributed by atoms with Crippen molar-refractivity contribution in [3.05, 3.63) is 40.9 Å². The summed E-state index contributed by atoms with van der Waals surface area (Å²) >= 11 is 5.77. The highest BCUT2D eigenvalue weighted by atomic mass is 35.7. The molecule has 0 saturated heterocycles. The van der Waals surface area contributed by atoms with Gasteiger partial charge in [-0.15, -0.1) is 0 Å². The molecule has 0 radical (unpaired) electrons. The summed E-state index contributed by atoms with van der Waals surface area (Å²) in [7, 11) is 1.31. The van der Waals surface area contributed by atoms with Gasteiger partial charge in [-0.25, -0.2) is 8.42 Å². The van der Waals surface area contributed by atoms with Gasteiger partial charge in [0.05, 0.1) is 4.90 Å². The fraction of sp³-hybridized carbons (Fsp3) is 0.250. The molecule has 1 aromatic carbocycles. The molecular formula is C12H13Cl2NO3S. The van der Waals surface area contributed by atoms with Gasteiger partial charge in [0.2, 0.25) is 0 Å². The second kappa shape index (κ2) is 6.93. The van der Waals surface area contributed by atoms with Crippen LogP contribution >= 0.6 is 22.3 Å². The monoisotopic (exact) mass is 321 g/mol. The largest absolute Gasteiger partial charge is 0.352 e. The van der Waals surface area contributed by atoms with Gasteiger partial charge in [-0.05, 0) is 31.5 Å². The van der Waals surface area contributed by atoms with Gasteiger partial charge >= 0.3 is 0 Å². The van der Waals surface area contributed by atoms with Gasteiger partial charge < -0.3 is 5.32 Å². The van der Waals surface area contributed by atoms with Crippen LogP contribution in [0.1, 0.15) is 23.7 Å². The van der Waals surface area contributed by atoms with Crippen molar-refractivity contribution >= 4 is 37.2 Å². The fourth-order valence-corrected chi connectivity index (χ4v) is 2.47. The van der Waals surface area contributed by atoms with E-state index in [1.807, 2.05) is 19.1 Å². The first-order valence-electron chi connectivity index (χ1n) is 5.49. The number of hydrogen-bond donors (Lipinski definition) is 1. The van der Waals surface area contributed by atoms with Crippen molar-refractivity contribution in [1.29, 1.82) is 0 Å². The fourth-order valence-electron chi connectivity index (χ4n) is 1.37. The van der Waals surface area contributed by atoms with Crippen molar-refractivity contribution in [2.75, 3.05) is 6.54 Å². The number of benzene rings is 1. The number of rotatable bonds is 5. The van der Waals surface area contributed by atoms with Crippen LogP contribution in [0.15, 0.2) is 35.2 Å². The predicted molar refractivity (Wildman–Crippen MR) is 76.3 cm³/mol. The standard InChI is InChI=1S/C12H13Cl2NO3S/c1-2-3-4-5-15-12(16)9-6-10(13)8-11(7-9)19(14,17)18/h2-3,6-8H,4-5H2,1H3,(H,15,16)/b3-2+. The minimum atomic E-state index is -3.91. The Morgan fingerprint density at radius 2 is 2.05 bits per heavy atom. The summed E-state index contributed by atoms with van der Waals surface area (Å²) in [5.41, 5.74) is 0.159. The summed E-state index contributed by atoms with van der Waals surface area (Å²) < 4.78 is 22.5. The molecule has 0 aromatic heterocycles. The number of carbonyl (C=O) groups is 1. The van der Waals surface area contributed by atoms with E-state index < -0.39 is 15.0 Å². The zero-order valence-corrected chi connectivity index (χ0v) is 12.5.